The summed E-state index contributed by atoms with van der Waals surface area (Å²) in [5.74, 6) is 2.17. The molecule has 1 aromatic heterocycles. The predicted octanol–water partition coefficient (Wildman–Crippen LogP) is 3.94. The Hall–Kier alpha value is -0.800. The number of carbonyl (C=O) groups is 1. The van der Waals surface area contributed by atoms with Gasteiger partial charge in [0.2, 0.25) is 0 Å². The molecule has 2 saturated carbocycles. The zero-order chi connectivity index (χ0) is 14.3. The number of rotatable bonds is 3. The van der Waals surface area contributed by atoms with Gasteiger partial charge >= 0.3 is 0 Å². The fourth-order valence-electron chi connectivity index (χ4n) is 3.90. The molecule has 0 radical (unpaired) electrons. The number of aromatic nitrogens is 1. The van der Waals surface area contributed by atoms with Crippen molar-refractivity contribution in [3.8, 4) is 0 Å². The third kappa shape index (κ3) is 2.79. The maximum atomic E-state index is 12.3. The topological polar surface area (TPSA) is 42.0 Å². The van der Waals surface area contributed by atoms with Crippen molar-refractivity contribution < 1.29 is 4.79 Å². The number of fused-ring (bicyclic) bond motifs is 2. The van der Waals surface area contributed by atoms with Crippen LogP contribution in [0.3, 0.4) is 0 Å². The fourth-order valence-corrected chi connectivity index (χ4v) is 4.36. The highest BCUT2D eigenvalue weighted by Gasteiger charge is 2.42. The van der Waals surface area contributed by atoms with Crippen LogP contribution in [0, 0.1) is 17.8 Å². The normalized spacial score (nSPS) is 29.4. The molecule has 2 bridgehead atoms. The Morgan fingerprint density at radius 2 is 2.00 bits per heavy atom. The van der Waals surface area contributed by atoms with Gasteiger partial charge in [0.15, 0.2) is 0 Å². The number of nitrogens with one attached hydrogen (secondary N) is 1. The van der Waals surface area contributed by atoms with Crippen molar-refractivity contribution in [2.24, 2.45) is 17.8 Å². The minimum atomic E-state index is -0.119. The first-order valence-electron chi connectivity index (χ1n) is 7.17. The second-order valence-corrected chi connectivity index (χ2v) is 6.88. The number of amides is 1. The van der Waals surface area contributed by atoms with E-state index in [9.17, 15) is 4.79 Å². The molecule has 0 aliphatic heterocycles. The zero-order valence-corrected chi connectivity index (χ0v) is 12.9. The van der Waals surface area contributed by atoms with Gasteiger partial charge in [-0.05, 0) is 56.1 Å². The highest BCUT2D eigenvalue weighted by Crippen LogP contribution is 2.49. The SMILES string of the molecule is C[C@H](NC(=O)c1cc(Cl)nc(Cl)c1)[C@@H]1C[C@H]2CC[C@H]1C2. The average Bonchev–Trinajstić information content (AvgIpc) is 2.99. The Balaban J connectivity index is 1.66. The highest BCUT2D eigenvalue weighted by molar-refractivity contribution is 6.33. The van der Waals surface area contributed by atoms with Gasteiger partial charge in [-0.15, -0.1) is 0 Å². The lowest BCUT2D eigenvalue weighted by Crippen LogP contribution is -2.40. The van der Waals surface area contributed by atoms with Gasteiger partial charge < -0.3 is 5.32 Å². The molecule has 2 aliphatic rings. The van der Waals surface area contributed by atoms with Gasteiger partial charge in [0.25, 0.3) is 5.91 Å². The molecule has 20 heavy (non-hydrogen) atoms. The van der Waals surface area contributed by atoms with Crippen LogP contribution < -0.4 is 5.32 Å². The molecule has 1 N–H and O–H groups in total. The van der Waals surface area contributed by atoms with E-state index in [1.165, 1.54) is 25.7 Å². The summed E-state index contributed by atoms with van der Waals surface area (Å²) in [4.78, 5) is 16.1. The molecule has 5 heteroatoms. The van der Waals surface area contributed by atoms with E-state index >= 15 is 0 Å². The molecule has 0 spiro atoms. The number of halogens is 2. The molecule has 2 fully saturated rings. The highest BCUT2D eigenvalue weighted by atomic mass is 35.5. The lowest BCUT2D eigenvalue weighted by molar-refractivity contribution is 0.0915. The van der Waals surface area contributed by atoms with Crippen molar-refractivity contribution in [3.63, 3.8) is 0 Å². The standard InChI is InChI=1S/C15H18Cl2N2O/c1-8(12-5-9-2-3-10(12)4-9)18-15(20)11-6-13(16)19-14(17)7-11/h6-10,12H,2-5H2,1H3,(H,18,20)/t8-,9-,10-,12-/m0/s1. The first kappa shape index (κ1) is 14.2. The van der Waals surface area contributed by atoms with Crippen molar-refractivity contribution in [1.29, 1.82) is 0 Å². The number of carbonyl (C=O) groups excluding carboxylic acids is 1. The second-order valence-electron chi connectivity index (χ2n) is 6.10. The van der Waals surface area contributed by atoms with Gasteiger partial charge in [-0.3, -0.25) is 4.79 Å². The molecule has 3 nitrogen and oxygen atoms in total. The third-order valence-corrected chi connectivity index (χ3v) is 5.21. The van der Waals surface area contributed by atoms with Crippen LogP contribution in [0.15, 0.2) is 12.1 Å². The largest absolute Gasteiger partial charge is 0.349 e. The summed E-state index contributed by atoms with van der Waals surface area (Å²) in [6.07, 6.45) is 5.29. The van der Waals surface area contributed by atoms with Crippen LogP contribution in [0.2, 0.25) is 10.3 Å². The molecule has 1 amide bonds. The summed E-state index contributed by atoms with van der Waals surface area (Å²) < 4.78 is 0. The van der Waals surface area contributed by atoms with Gasteiger partial charge in [-0.1, -0.05) is 29.6 Å². The van der Waals surface area contributed by atoms with Crippen LogP contribution in [-0.4, -0.2) is 16.9 Å². The molecule has 2 aliphatic carbocycles. The molecule has 0 aromatic carbocycles. The second kappa shape index (κ2) is 5.53. The molecule has 1 heterocycles. The van der Waals surface area contributed by atoms with Gasteiger partial charge in [-0.2, -0.15) is 0 Å². The number of nitrogens with zero attached hydrogens (tertiary/aromatic N) is 1. The van der Waals surface area contributed by atoms with Crippen LogP contribution in [0.25, 0.3) is 0 Å². The van der Waals surface area contributed by atoms with E-state index in [0.29, 0.717) is 11.5 Å². The number of pyridine rings is 1. The monoisotopic (exact) mass is 312 g/mol. The van der Waals surface area contributed by atoms with Crippen molar-refractivity contribution in [2.75, 3.05) is 0 Å². The van der Waals surface area contributed by atoms with Gasteiger partial charge in [0, 0.05) is 11.6 Å². The minimum Gasteiger partial charge on any atom is -0.349 e. The Kier molecular flexibility index (Phi) is 3.91. The maximum absolute atomic E-state index is 12.3. The molecule has 0 saturated heterocycles. The smallest absolute Gasteiger partial charge is 0.251 e. The van der Waals surface area contributed by atoms with Gasteiger partial charge in [0.05, 0.1) is 0 Å². The first-order chi connectivity index (χ1) is 9.52. The fraction of sp³-hybridized carbons (Fsp3) is 0.600. The molecule has 1 aromatic rings. The van der Waals surface area contributed by atoms with Crippen LogP contribution in [0.5, 0.6) is 0 Å². The summed E-state index contributed by atoms with van der Waals surface area (Å²) in [5, 5.41) is 3.58. The van der Waals surface area contributed by atoms with Crippen LogP contribution in [0.1, 0.15) is 43.0 Å². The summed E-state index contributed by atoms with van der Waals surface area (Å²) in [6.45, 7) is 2.10. The Labute approximate surface area is 129 Å². The van der Waals surface area contributed by atoms with E-state index in [-0.39, 0.29) is 22.3 Å². The van der Waals surface area contributed by atoms with Gasteiger partial charge in [0.1, 0.15) is 10.3 Å². The van der Waals surface area contributed by atoms with Crippen LogP contribution in [-0.2, 0) is 0 Å². The Morgan fingerprint density at radius 3 is 2.55 bits per heavy atom. The molecule has 0 unspecified atom stereocenters. The summed E-state index contributed by atoms with van der Waals surface area (Å²) >= 11 is 11.7. The van der Waals surface area contributed by atoms with Crippen molar-refractivity contribution in [2.45, 2.75) is 38.6 Å². The van der Waals surface area contributed by atoms with E-state index in [0.717, 1.165) is 11.8 Å². The van der Waals surface area contributed by atoms with E-state index < -0.39 is 0 Å². The van der Waals surface area contributed by atoms with Crippen molar-refractivity contribution >= 4 is 29.1 Å². The van der Waals surface area contributed by atoms with Crippen molar-refractivity contribution in [3.05, 3.63) is 28.0 Å². The number of hydrogen-bond donors (Lipinski definition) is 1. The first-order valence-corrected chi connectivity index (χ1v) is 7.92. The number of hydrogen-bond acceptors (Lipinski definition) is 2. The van der Waals surface area contributed by atoms with Crippen LogP contribution in [0.4, 0.5) is 0 Å². The lowest BCUT2D eigenvalue weighted by Gasteiger charge is -2.28. The summed E-state index contributed by atoms with van der Waals surface area (Å²) in [6, 6.07) is 3.30. The zero-order valence-electron chi connectivity index (χ0n) is 11.4. The molecular weight excluding hydrogens is 295 g/mol. The maximum Gasteiger partial charge on any atom is 0.251 e. The van der Waals surface area contributed by atoms with Crippen LogP contribution >= 0.6 is 23.2 Å². The Bertz CT molecular complexity index is 514. The van der Waals surface area contributed by atoms with Gasteiger partial charge in [-0.25, -0.2) is 4.98 Å². The predicted molar refractivity (Wildman–Crippen MR) is 80.1 cm³/mol. The average molecular weight is 313 g/mol. The van der Waals surface area contributed by atoms with E-state index in [1.54, 1.807) is 12.1 Å². The molecule has 3 rings (SSSR count). The quantitative estimate of drug-likeness (QED) is 0.859. The third-order valence-electron chi connectivity index (χ3n) is 4.82. The van der Waals surface area contributed by atoms with E-state index in [1.807, 2.05) is 0 Å². The van der Waals surface area contributed by atoms with E-state index in [4.69, 9.17) is 23.2 Å². The molecule has 4 atom stereocenters. The molecular formula is C15H18Cl2N2O. The lowest BCUT2D eigenvalue weighted by atomic mass is 9.84. The minimum absolute atomic E-state index is 0.119. The summed E-state index contributed by atoms with van der Waals surface area (Å²) in [5.41, 5.74) is 0.477. The summed E-state index contributed by atoms with van der Waals surface area (Å²) in [7, 11) is 0. The van der Waals surface area contributed by atoms with E-state index in [2.05, 4.69) is 17.2 Å². The Morgan fingerprint density at radius 1 is 1.30 bits per heavy atom. The van der Waals surface area contributed by atoms with Crippen molar-refractivity contribution in [1.82, 2.24) is 10.3 Å². The molecule has 108 valence electrons.